The Morgan fingerprint density at radius 2 is 2.24 bits per heavy atom. The summed E-state index contributed by atoms with van der Waals surface area (Å²) in [6.07, 6.45) is 0. The van der Waals surface area contributed by atoms with E-state index in [2.05, 4.69) is 14.9 Å². The zero-order valence-electron chi connectivity index (χ0n) is 10.1. The Morgan fingerprint density at radius 3 is 2.88 bits per heavy atom. The van der Waals surface area contributed by atoms with Crippen molar-refractivity contribution in [3.8, 4) is 0 Å². The Bertz CT molecular complexity index is 495. The van der Waals surface area contributed by atoms with Crippen molar-refractivity contribution in [1.29, 1.82) is 0 Å². The van der Waals surface area contributed by atoms with Crippen molar-refractivity contribution < 1.29 is 0 Å². The molecule has 0 aliphatic carbocycles. The third-order valence-corrected chi connectivity index (χ3v) is 3.54. The molecule has 0 spiro atoms. The van der Waals surface area contributed by atoms with Gasteiger partial charge in [-0.3, -0.25) is 0 Å². The zero-order valence-corrected chi connectivity index (χ0v) is 10.9. The highest BCUT2D eigenvalue weighted by Gasteiger charge is 2.07. The van der Waals surface area contributed by atoms with Gasteiger partial charge in [0.1, 0.15) is 5.82 Å². The van der Waals surface area contributed by atoms with E-state index in [1.165, 1.54) is 4.88 Å². The van der Waals surface area contributed by atoms with Gasteiger partial charge in [0.2, 0.25) is 0 Å². The van der Waals surface area contributed by atoms with Crippen LogP contribution in [0.4, 0.5) is 5.82 Å². The van der Waals surface area contributed by atoms with Crippen molar-refractivity contribution in [3.63, 3.8) is 0 Å². The summed E-state index contributed by atoms with van der Waals surface area (Å²) in [4.78, 5) is 12.1. The third kappa shape index (κ3) is 2.81. The highest BCUT2D eigenvalue weighted by molar-refractivity contribution is 7.09. The molecule has 0 aliphatic heterocycles. The normalized spacial score (nSPS) is 10.5. The van der Waals surface area contributed by atoms with Gasteiger partial charge in [-0.25, -0.2) is 9.97 Å². The number of aromatic nitrogens is 2. The zero-order chi connectivity index (χ0) is 12.3. The maximum absolute atomic E-state index is 5.59. The first-order chi connectivity index (χ1) is 8.20. The van der Waals surface area contributed by atoms with Crippen molar-refractivity contribution in [1.82, 2.24) is 9.97 Å². The largest absolute Gasteiger partial charge is 0.354 e. The summed E-state index contributed by atoms with van der Waals surface area (Å²) in [5.74, 6) is 0.945. The lowest BCUT2D eigenvalue weighted by atomic mass is 10.3. The number of nitrogens with two attached hydrogens (primary N) is 1. The molecule has 0 atom stereocenters. The number of pyridine rings is 1. The van der Waals surface area contributed by atoms with Crippen molar-refractivity contribution in [2.24, 2.45) is 5.73 Å². The summed E-state index contributed by atoms with van der Waals surface area (Å²) >= 11 is 1.68. The predicted molar refractivity (Wildman–Crippen MR) is 71.1 cm³/mol. The van der Waals surface area contributed by atoms with Crippen LogP contribution in [0.2, 0.25) is 0 Å². The van der Waals surface area contributed by atoms with E-state index < -0.39 is 0 Å². The minimum Gasteiger partial charge on any atom is -0.354 e. The first-order valence-electron chi connectivity index (χ1n) is 5.47. The third-order valence-electron chi connectivity index (χ3n) is 2.62. The Hall–Kier alpha value is -1.46. The van der Waals surface area contributed by atoms with Crippen LogP contribution in [0.1, 0.15) is 16.3 Å². The van der Waals surface area contributed by atoms with E-state index in [4.69, 9.17) is 5.73 Å². The molecule has 0 amide bonds. The van der Waals surface area contributed by atoms with E-state index in [-0.39, 0.29) is 0 Å². The van der Waals surface area contributed by atoms with Gasteiger partial charge >= 0.3 is 0 Å². The lowest BCUT2D eigenvalue weighted by molar-refractivity contribution is 0.881. The molecule has 2 aromatic heterocycles. The second kappa shape index (κ2) is 5.25. The topological polar surface area (TPSA) is 55.0 Å². The quantitative estimate of drug-likeness (QED) is 0.898. The van der Waals surface area contributed by atoms with E-state index in [9.17, 15) is 0 Å². The molecule has 2 heterocycles. The Morgan fingerprint density at radius 1 is 1.41 bits per heavy atom. The number of anilines is 1. The molecule has 0 saturated heterocycles. The maximum atomic E-state index is 5.59. The van der Waals surface area contributed by atoms with Gasteiger partial charge in [-0.1, -0.05) is 6.07 Å². The summed E-state index contributed by atoms with van der Waals surface area (Å²) in [6.45, 7) is 3.34. The van der Waals surface area contributed by atoms with Gasteiger partial charge in [0.15, 0.2) is 0 Å². The van der Waals surface area contributed by atoms with Crippen molar-refractivity contribution in [2.75, 3.05) is 11.9 Å². The Labute approximate surface area is 105 Å². The number of thiazole rings is 1. The Kier molecular flexibility index (Phi) is 3.71. The average Bonchev–Trinajstić information content (AvgIpc) is 2.75. The summed E-state index contributed by atoms with van der Waals surface area (Å²) in [5, 5.41) is 0. The lowest BCUT2D eigenvalue weighted by Gasteiger charge is -2.18. The monoisotopic (exact) mass is 248 g/mol. The minimum atomic E-state index is 0.473. The van der Waals surface area contributed by atoms with Gasteiger partial charge < -0.3 is 10.6 Å². The summed E-state index contributed by atoms with van der Waals surface area (Å²) in [5.41, 5.74) is 9.47. The predicted octanol–water partition coefficient (Wildman–Crippen LogP) is 1.94. The first kappa shape index (κ1) is 12.0. The second-order valence-corrected chi connectivity index (χ2v) is 4.85. The number of rotatable bonds is 4. The van der Waals surface area contributed by atoms with Crippen LogP contribution in [0.25, 0.3) is 0 Å². The fraction of sp³-hybridized carbons (Fsp3) is 0.333. The van der Waals surface area contributed by atoms with Crippen LogP contribution < -0.4 is 10.6 Å². The molecule has 2 N–H and O–H groups in total. The van der Waals surface area contributed by atoms with Crippen LogP contribution in [0.3, 0.4) is 0 Å². The molecule has 0 unspecified atom stereocenters. The molecule has 0 aliphatic rings. The standard InChI is InChI=1S/C12H16N4S/c1-9-11(17-8-14-9)7-16(2)12-5-3-4-10(6-13)15-12/h3-5,8H,6-7,13H2,1-2H3. The van der Waals surface area contributed by atoms with Crippen LogP contribution in [0.5, 0.6) is 0 Å². The van der Waals surface area contributed by atoms with E-state index in [1.54, 1.807) is 11.3 Å². The average molecular weight is 248 g/mol. The second-order valence-electron chi connectivity index (χ2n) is 3.91. The molecule has 0 radical (unpaired) electrons. The fourth-order valence-electron chi connectivity index (χ4n) is 1.57. The van der Waals surface area contributed by atoms with Crippen LogP contribution in [-0.4, -0.2) is 17.0 Å². The van der Waals surface area contributed by atoms with E-state index in [0.29, 0.717) is 6.54 Å². The SMILES string of the molecule is Cc1ncsc1CN(C)c1cccc(CN)n1. The van der Waals surface area contributed by atoms with Crippen LogP contribution in [0.15, 0.2) is 23.7 Å². The van der Waals surface area contributed by atoms with Gasteiger partial charge in [-0.15, -0.1) is 11.3 Å². The summed E-state index contributed by atoms with van der Waals surface area (Å²) in [6, 6.07) is 5.92. The molecule has 2 aromatic rings. The molecule has 2 rings (SSSR count). The van der Waals surface area contributed by atoms with Gasteiger partial charge in [0.05, 0.1) is 23.4 Å². The smallest absolute Gasteiger partial charge is 0.128 e. The molecule has 90 valence electrons. The van der Waals surface area contributed by atoms with Crippen molar-refractivity contribution in [2.45, 2.75) is 20.0 Å². The number of nitrogens with zero attached hydrogens (tertiary/aromatic N) is 3. The highest BCUT2D eigenvalue weighted by Crippen LogP contribution is 2.18. The van der Waals surface area contributed by atoms with Gasteiger partial charge in [-0.2, -0.15) is 0 Å². The molecular weight excluding hydrogens is 232 g/mol. The molecule has 5 heteroatoms. The number of hydrogen-bond acceptors (Lipinski definition) is 5. The minimum absolute atomic E-state index is 0.473. The molecule has 0 fully saturated rings. The molecule has 0 aromatic carbocycles. The van der Waals surface area contributed by atoms with Gasteiger partial charge in [0, 0.05) is 18.5 Å². The summed E-state index contributed by atoms with van der Waals surface area (Å²) < 4.78 is 0. The molecule has 0 bridgehead atoms. The van der Waals surface area contributed by atoms with E-state index in [0.717, 1.165) is 23.8 Å². The Balaban J connectivity index is 2.14. The summed E-state index contributed by atoms with van der Waals surface area (Å²) in [7, 11) is 2.03. The highest BCUT2D eigenvalue weighted by atomic mass is 32.1. The number of aryl methyl sites for hydroxylation is 1. The fourth-order valence-corrected chi connectivity index (χ4v) is 2.40. The van der Waals surface area contributed by atoms with E-state index >= 15 is 0 Å². The molecule has 4 nitrogen and oxygen atoms in total. The molecular formula is C12H16N4S. The van der Waals surface area contributed by atoms with Crippen LogP contribution in [0, 0.1) is 6.92 Å². The van der Waals surface area contributed by atoms with Gasteiger partial charge in [0.25, 0.3) is 0 Å². The van der Waals surface area contributed by atoms with Crippen LogP contribution in [-0.2, 0) is 13.1 Å². The molecule has 17 heavy (non-hydrogen) atoms. The van der Waals surface area contributed by atoms with E-state index in [1.807, 2.05) is 37.7 Å². The first-order valence-corrected chi connectivity index (χ1v) is 6.34. The van der Waals surface area contributed by atoms with Crippen molar-refractivity contribution >= 4 is 17.2 Å². The van der Waals surface area contributed by atoms with Crippen molar-refractivity contribution in [3.05, 3.63) is 40.0 Å². The maximum Gasteiger partial charge on any atom is 0.128 e. The van der Waals surface area contributed by atoms with Gasteiger partial charge in [-0.05, 0) is 19.1 Å². The lowest BCUT2D eigenvalue weighted by Crippen LogP contribution is -2.18. The molecule has 0 saturated carbocycles. The number of hydrogen-bond donors (Lipinski definition) is 1. The van der Waals surface area contributed by atoms with Crippen LogP contribution >= 0.6 is 11.3 Å².